The highest BCUT2D eigenvalue weighted by Crippen LogP contribution is 2.18. The van der Waals surface area contributed by atoms with Crippen LogP contribution in [0.1, 0.15) is 25.3 Å². The van der Waals surface area contributed by atoms with Gasteiger partial charge >= 0.3 is 0 Å². The van der Waals surface area contributed by atoms with Gasteiger partial charge in [0.25, 0.3) is 0 Å². The van der Waals surface area contributed by atoms with Crippen LogP contribution in [-0.4, -0.2) is 30.2 Å². The van der Waals surface area contributed by atoms with Crippen LogP contribution in [0.3, 0.4) is 0 Å². The molecule has 1 fully saturated rings. The summed E-state index contributed by atoms with van der Waals surface area (Å²) in [6.45, 7) is 3.68. The largest absolute Gasteiger partial charge is 0.508 e. The summed E-state index contributed by atoms with van der Waals surface area (Å²) in [6.07, 6.45) is 3.34. The third kappa shape index (κ3) is 4.28. The maximum atomic E-state index is 9.37. The number of phenols is 1. The Morgan fingerprint density at radius 3 is 2.94 bits per heavy atom. The zero-order valence-electron chi connectivity index (χ0n) is 10.8. The summed E-state index contributed by atoms with van der Waals surface area (Å²) in [5.41, 5.74) is 1.11. The average molecular weight is 247 g/mol. The average Bonchev–Trinajstić information content (AvgIpc) is 3.13. The zero-order valence-corrected chi connectivity index (χ0v) is 10.8. The SMILES string of the molecule is CCNC(=NCCc1cccc(O)c1)NC1CC1. The fourth-order valence-corrected chi connectivity index (χ4v) is 1.75. The second kappa shape index (κ2) is 6.28. The predicted octanol–water partition coefficient (Wildman–Crippen LogP) is 1.65. The number of nitrogens with zero attached hydrogens (tertiary/aromatic N) is 1. The van der Waals surface area contributed by atoms with Crippen LogP contribution in [0.15, 0.2) is 29.3 Å². The minimum atomic E-state index is 0.319. The van der Waals surface area contributed by atoms with Gasteiger partial charge < -0.3 is 15.7 Å². The van der Waals surface area contributed by atoms with Gasteiger partial charge in [0, 0.05) is 19.1 Å². The Kier molecular flexibility index (Phi) is 4.45. The lowest BCUT2D eigenvalue weighted by molar-refractivity contribution is 0.474. The molecular weight excluding hydrogens is 226 g/mol. The lowest BCUT2D eigenvalue weighted by Crippen LogP contribution is -2.38. The summed E-state index contributed by atoms with van der Waals surface area (Å²) in [7, 11) is 0. The minimum absolute atomic E-state index is 0.319. The number of hydrogen-bond donors (Lipinski definition) is 3. The highest BCUT2D eigenvalue weighted by molar-refractivity contribution is 5.80. The van der Waals surface area contributed by atoms with Crippen LogP contribution in [0, 0.1) is 0 Å². The first-order valence-corrected chi connectivity index (χ1v) is 6.60. The maximum Gasteiger partial charge on any atom is 0.191 e. The maximum absolute atomic E-state index is 9.37. The number of aliphatic imine (C=N–C) groups is 1. The molecule has 4 heteroatoms. The van der Waals surface area contributed by atoms with Gasteiger partial charge in [0.15, 0.2) is 5.96 Å². The molecule has 0 radical (unpaired) electrons. The van der Waals surface area contributed by atoms with E-state index in [2.05, 4.69) is 22.5 Å². The highest BCUT2D eigenvalue weighted by atomic mass is 16.3. The van der Waals surface area contributed by atoms with Gasteiger partial charge in [-0.3, -0.25) is 4.99 Å². The number of phenolic OH excluding ortho intramolecular Hbond substituents is 1. The molecule has 98 valence electrons. The molecule has 1 aliphatic carbocycles. The molecule has 0 aliphatic heterocycles. The van der Waals surface area contributed by atoms with E-state index >= 15 is 0 Å². The molecule has 3 N–H and O–H groups in total. The number of hydrogen-bond acceptors (Lipinski definition) is 2. The number of guanidine groups is 1. The van der Waals surface area contributed by atoms with Crippen molar-refractivity contribution in [3.8, 4) is 5.75 Å². The van der Waals surface area contributed by atoms with E-state index in [1.54, 1.807) is 12.1 Å². The Morgan fingerprint density at radius 1 is 1.44 bits per heavy atom. The lowest BCUT2D eigenvalue weighted by Gasteiger charge is -2.10. The van der Waals surface area contributed by atoms with E-state index in [1.165, 1.54) is 12.8 Å². The molecule has 1 aromatic rings. The first kappa shape index (κ1) is 12.7. The summed E-state index contributed by atoms with van der Waals surface area (Å²) < 4.78 is 0. The van der Waals surface area contributed by atoms with Crippen molar-refractivity contribution in [1.29, 1.82) is 0 Å². The fourth-order valence-electron chi connectivity index (χ4n) is 1.75. The number of nitrogens with one attached hydrogen (secondary N) is 2. The second-order valence-corrected chi connectivity index (χ2v) is 4.60. The smallest absolute Gasteiger partial charge is 0.191 e. The third-order valence-corrected chi connectivity index (χ3v) is 2.84. The molecule has 0 atom stereocenters. The summed E-state index contributed by atoms with van der Waals surface area (Å²) >= 11 is 0. The van der Waals surface area contributed by atoms with E-state index < -0.39 is 0 Å². The molecule has 1 saturated carbocycles. The molecule has 0 bridgehead atoms. The second-order valence-electron chi connectivity index (χ2n) is 4.60. The standard InChI is InChI=1S/C14H21N3O/c1-2-15-14(17-12-6-7-12)16-9-8-11-4-3-5-13(18)10-11/h3-5,10,12,18H,2,6-9H2,1H3,(H2,15,16,17). The van der Waals surface area contributed by atoms with Crippen LogP contribution in [0.2, 0.25) is 0 Å². The molecule has 4 nitrogen and oxygen atoms in total. The molecule has 0 aromatic heterocycles. The lowest BCUT2D eigenvalue weighted by atomic mass is 10.1. The van der Waals surface area contributed by atoms with Crippen molar-refractivity contribution in [2.24, 2.45) is 4.99 Å². The normalized spacial score (nSPS) is 15.5. The zero-order chi connectivity index (χ0) is 12.8. The molecule has 0 saturated heterocycles. The van der Waals surface area contributed by atoms with Crippen molar-refractivity contribution in [2.45, 2.75) is 32.2 Å². The monoisotopic (exact) mass is 247 g/mol. The summed E-state index contributed by atoms with van der Waals surface area (Å²) in [6, 6.07) is 7.96. The van der Waals surface area contributed by atoms with Crippen molar-refractivity contribution in [1.82, 2.24) is 10.6 Å². The van der Waals surface area contributed by atoms with Crippen LogP contribution in [0.25, 0.3) is 0 Å². The number of aromatic hydroxyl groups is 1. The third-order valence-electron chi connectivity index (χ3n) is 2.84. The molecule has 0 amide bonds. The van der Waals surface area contributed by atoms with Crippen molar-refractivity contribution >= 4 is 5.96 Å². The minimum Gasteiger partial charge on any atom is -0.508 e. The Balaban J connectivity index is 1.83. The Morgan fingerprint density at radius 2 is 2.28 bits per heavy atom. The van der Waals surface area contributed by atoms with Gasteiger partial charge in [-0.05, 0) is 43.9 Å². The van der Waals surface area contributed by atoms with E-state index in [4.69, 9.17) is 0 Å². The molecular formula is C14H21N3O. The van der Waals surface area contributed by atoms with Gasteiger partial charge in [0.1, 0.15) is 5.75 Å². The van der Waals surface area contributed by atoms with Gasteiger partial charge in [-0.25, -0.2) is 0 Å². The Bertz CT molecular complexity index is 413. The number of rotatable bonds is 5. The van der Waals surface area contributed by atoms with Crippen molar-refractivity contribution in [2.75, 3.05) is 13.1 Å². The Hall–Kier alpha value is -1.71. The molecule has 0 spiro atoms. The van der Waals surface area contributed by atoms with Crippen LogP contribution in [0.5, 0.6) is 5.75 Å². The first-order valence-electron chi connectivity index (χ1n) is 6.60. The summed E-state index contributed by atoms with van der Waals surface area (Å²) in [5.74, 6) is 1.22. The van der Waals surface area contributed by atoms with E-state index in [-0.39, 0.29) is 0 Å². The van der Waals surface area contributed by atoms with Crippen molar-refractivity contribution in [3.05, 3.63) is 29.8 Å². The van der Waals surface area contributed by atoms with Gasteiger partial charge in [-0.15, -0.1) is 0 Å². The molecule has 1 aromatic carbocycles. The van der Waals surface area contributed by atoms with Gasteiger partial charge in [0.2, 0.25) is 0 Å². The van der Waals surface area contributed by atoms with Gasteiger partial charge in [-0.2, -0.15) is 0 Å². The molecule has 2 rings (SSSR count). The predicted molar refractivity (Wildman–Crippen MR) is 73.9 cm³/mol. The molecule has 1 aliphatic rings. The van der Waals surface area contributed by atoms with E-state index in [0.29, 0.717) is 11.8 Å². The number of benzene rings is 1. The summed E-state index contributed by atoms with van der Waals surface area (Å²) in [4.78, 5) is 4.53. The highest BCUT2D eigenvalue weighted by Gasteiger charge is 2.21. The van der Waals surface area contributed by atoms with Crippen molar-refractivity contribution in [3.63, 3.8) is 0 Å². The molecule has 18 heavy (non-hydrogen) atoms. The van der Waals surface area contributed by atoms with E-state index in [9.17, 15) is 5.11 Å². The molecule has 0 heterocycles. The first-order chi connectivity index (χ1) is 8.78. The quantitative estimate of drug-likeness (QED) is 0.548. The van der Waals surface area contributed by atoms with Gasteiger partial charge in [0.05, 0.1) is 0 Å². The van der Waals surface area contributed by atoms with Gasteiger partial charge in [-0.1, -0.05) is 12.1 Å². The van der Waals surface area contributed by atoms with Crippen LogP contribution >= 0.6 is 0 Å². The van der Waals surface area contributed by atoms with Crippen LogP contribution in [0.4, 0.5) is 0 Å². The molecule has 0 unspecified atom stereocenters. The van der Waals surface area contributed by atoms with E-state index in [0.717, 1.165) is 31.0 Å². The van der Waals surface area contributed by atoms with E-state index in [1.807, 2.05) is 12.1 Å². The fraction of sp³-hybridized carbons (Fsp3) is 0.500. The van der Waals surface area contributed by atoms with Crippen molar-refractivity contribution < 1.29 is 5.11 Å². The topological polar surface area (TPSA) is 56.7 Å². The summed E-state index contributed by atoms with van der Waals surface area (Å²) in [5, 5.41) is 16.0. The Labute approximate surface area is 108 Å². The van der Waals surface area contributed by atoms with Crippen LogP contribution in [-0.2, 0) is 6.42 Å². The van der Waals surface area contributed by atoms with Crippen LogP contribution < -0.4 is 10.6 Å².